The lowest BCUT2D eigenvalue weighted by Crippen LogP contribution is -2.50. The zero-order chi connectivity index (χ0) is 21.6. The first-order valence-electron chi connectivity index (χ1n) is 9.50. The van der Waals surface area contributed by atoms with Crippen LogP contribution in [0.5, 0.6) is 0 Å². The van der Waals surface area contributed by atoms with Crippen LogP contribution in [-0.4, -0.2) is 28.8 Å². The summed E-state index contributed by atoms with van der Waals surface area (Å²) < 4.78 is 0. The minimum Gasteiger partial charge on any atom is -0.352 e. The largest absolute Gasteiger partial charge is 0.352 e. The zero-order valence-electron chi connectivity index (χ0n) is 16.7. The van der Waals surface area contributed by atoms with Crippen LogP contribution in [0.4, 0.5) is 0 Å². The number of benzene rings is 2. The third-order valence-corrected chi connectivity index (χ3v) is 5.43. The maximum Gasteiger partial charge on any atom is 0.243 e. The molecule has 0 spiro atoms. The van der Waals surface area contributed by atoms with Gasteiger partial charge in [-0.3, -0.25) is 9.59 Å². The van der Waals surface area contributed by atoms with Gasteiger partial charge in [0.2, 0.25) is 11.8 Å². The van der Waals surface area contributed by atoms with Gasteiger partial charge in [-0.15, -0.1) is 0 Å². The summed E-state index contributed by atoms with van der Waals surface area (Å²) in [5.41, 5.74) is 1.44. The number of hydrogen-bond acceptors (Lipinski definition) is 2. The molecule has 156 valence electrons. The Morgan fingerprint density at radius 2 is 1.59 bits per heavy atom. The molecule has 2 aromatic carbocycles. The molecule has 1 atom stereocenters. The van der Waals surface area contributed by atoms with Gasteiger partial charge in [0.05, 0.1) is 6.42 Å². The quantitative estimate of drug-likeness (QED) is 0.569. The van der Waals surface area contributed by atoms with E-state index in [4.69, 9.17) is 34.8 Å². The lowest BCUT2D eigenvalue weighted by molar-refractivity contribution is -0.141. The molecule has 0 aliphatic rings. The van der Waals surface area contributed by atoms with Crippen LogP contribution in [0, 0.1) is 0 Å². The Kier molecular flexibility index (Phi) is 8.81. The summed E-state index contributed by atoms with van der Waals surface area (Å²) in [5.74, 6) is -0.407. The highest BCUT2D eigenvalue weighted by molar-refractivity contribution is 6.36. The number of nitrogens with one attached hydrogen (secondary N) is 1. The van der Waals surface area contributed by atoms with Crippen molar-refractivity contribution in [3.8, 4) is 0 Å². The van der Waals surface area contributed by atoms with E-state index in [1.165, 1.54) is 0 Å². The van der Waals surface area contributed by atoms with Crippen molar-refractivity contribution in [2.24, 2.45) is 0 Å². The van der Waals surface area contributed by atoms with Gasteiger partial charge in [-0.1, -0.05) is 59.9 Å². The molecule has 2 aromatic rings. The molecule has 2 amide bonds. The zero-order valence-corrected chi connectivity index (χ0v) is 19.0. The molecule has 0 heterocycles. The molecule has 1 N–H and O–H groups in total. The molecule has 0 bridgehead atoms. The molecule has 7 heteroatoms. The maximum absolute atomic E-state index is 13.3. The third-order valence-electron chi connectivity index (χ3n) is 4.47. The van der Waals surface area contributed by atoms with Crippen molar-refractivity contribution in [3.63, 3.8) is 0 Å². The van der Waals surface area contributed by atoms with Crippen molar-refractivity contribution in [2.45, 2.75) is 52.2 Å². The minimum atomic E-state index is -0.609. The van der Waals surface area contributed by atoms with Gasteiger partial charge in [0.1, 0.15) is 6.04 Å². The standard InChI is InChI=1S/C22H25Cl3N2O2/c1-4-20(22(29)26-14(2)3)27(13-15-8-10-16(23)11-9-15)21(28)12-17-18(24)6-5-7-19(17)25/h5-11,14,20H,4,12-13H2,1-3H3,(H,26,29). The van der Waals surface area contributed by atoms with Crippen molar-refractivity contribution in [2.75, 3.05) is 0 Å². The van der Waals surface area contributed by atoms with E-state index < -0.39 is 6.04 Å². The predicted molar refractivity (Wildman–Crippen MR) is 120 cm³/mol. The number of hydrogen-bond donors (Lipinski definition) is 1. The van der Waals surface area contributed by atoms with E-state index in [-0.39, 0.29) is 30.8 Å². The summed E-state index contributed by atoms with van der Waals surface area (Å²) in [7, 11) is 0. The van der Waals surface area contributed by atoms with Crippen LogP contribution in [0.2, 0.25) is 15.1 Å². The van der Waals surface area contributed by atoms with E-state index in [2.05, 4.69) is 5.32 Å². The monoisotopic (exact) mass is 454 g/mol. The molecule has 0 fully saturated rings. The third kappa shape index (κ3) is 6.63. The fourth-order valence-corrected chi connectivity index (χ4v) is 3.70. The van der Waals surface area contributed by atoms with E-state index in [1.807, 2.05) is 32.9 Å². The summed E-state index contributed by atoms with van der Waals surface area (Å²) >= 11 is 18.5. The average Bonchev–Trinajstić information content (AvgIpc) is 2.65. The van der Waals surface area contributed by atoms with Gasteiger partial charge in [0.15, 0.2) is 0 Å². The average molecular weight is 456 g/mol. The van der Waals surface area contributed by atoms with Crippen molar-refractivity contribution < 1.29 is 9.59 Å². The fraction of sp³-hybridized carbons (Fsp3) is 0.364. The molecule has 2 rings (SSSR count). The Balaban J connectivity index is 2.34. The smallest absolute Gasteiger partial charge is 0.243 e. The van der Waals surface area contributed by atoms with Gasteiger partial charge < -0.3 is 10.2 Å². The summed E-state index contributed by atoms with van der Waals surface area (Å²) in [6.45, 7) is 5.94. The lowest BCUT2D eigenvalue weighted by Gasteiger charge is -2.31. The minimum absolute atomic E-state index is 0.0115. The highest BCUT2D eigenvalue weighted by Gasteiger charge is 2.29. The van der Waals surface area contributed by atoms with E-state index >= 15 is 0 Å². The predicted octanol–water partition coefficient (Wildman–Crippen LogP) is 5.52. The SMILES string of the molecule is CCC(C(=O)NC(C)C)N(Cc1ccc(Cl)cc1)C(=O)Cc1c(Cl)cccc1Cl. The molecule has 1 unspecified atom stereocenters. The molecule has 4 nitrogen and oxygen atoms in total. The Morgan fingerprint density at radius 3 is 2.10 bits per heavy atom. The van der Waals surface area contributed by atoms with Crippen molar-refractivity contribution >= 4 is 46.6 Å². The highest BCUT2D eigenvalue weighted by Crippen LogP contribution is 2.26. The number of carbonyl (C=O) groups is 2. The number of amides is 2. The molecule has 0 aliphatic heterocycles. The summed E-state index contributed by atoms with van der Waals surface area (Å²) in [5, 5.41) is 4.37. The second-order valence-electron chi connectivity index (χ2n) is 7.11. The van der Waals surface area contributed by atoms with Gasteiger partial charge in [0.25, 0.3) is 0 Å². The van der Waals surface area contributed by atoms with Crippen LogP contribution >= 0.6 is 34.8 Å². The van der Waals surface area contributed by atoms with Crippen molar-refractivity contribution in [3.05, 3.63) is 68.7 Å². The topological polar surface area (TPSA) is 49.4 Å². The molecular weight excluding hydrogens is 431 g/mol. The highest BCUT2D eigenvalue weighted by atomic mass is 35.5. The number of rotatable bonds is 8. The van der Waals surface area contributed by atoms with Crippen LogP contribution in [0.3, 0.4) is 0 Å². The van der Waals surface area contributed by atoms with Crippen LogP contribution < -0.4 is 5.32 Å². The Hall–Kier alpha value is -1.75. The summed E-state index contributed by atoms with van der Waals surface area (Å²) in [4.78, 5) is 27.6. The second kappa shape index (κ2) is 10.9. The molecule has 0 saturated heterocycles. The molecular formula is C22H25Cl3N2O2. The second-order valence-corrected chi connectivity index (χ2v) is 8.36. The number of nitrogens with zero attached hydrogens (tertiary/aromatic N) is 1. The number of carbonyl (C=O) groups excluding carboxylic acids is 2. The Labute approximate surface area is 187 Å². The van der Waals surface area contributed by atoms with Crippen LogP contribution in [0.25, 0.3) is 0 Å². The first-order chi connectivity index (χ1) is 13.7. The van der Waals surface area contributed by atoms with E-state index in [9.17, 15) is 9.59 Å². The molecule has 0 saturated carbocycles. The van der Waals surface area contributed by atoms with Crippen LogP contribution in [-0.2, 0) is 22.6 Å². The first kappa shape index (κ1) is 23.5. The Morgan fingerprint density at radius 1 is 1.00 bits per heavy atom. The summed E-state index contributed by atoms with van der Waals surface area (Å²) in [6.07, 6.45) is 0.492. The molecule has 29 heavy (non-hydrogen) atoms. The molecule has 0 aliphatic carbocycles. The van der Waals surface area contributed by atoms with Gasteiger partial charge in [-0.05, 0) is 55.7 Å². The van der Waals surface area contributed by atoms with Crippen LogP contribution in [0.1, 0.15) is 38.3 Å². The van der Waals surface area contributed by atoms with E-state index in [1.54, 1.807) is 35.2 Å². The molecule has 0 aromatic heterocycles. The van der Waals surface area contributed by atoms with Gasteiger partial charge in [-0.25, -0.2) is 0 Å². The normalized spacial score (nSPS) is 12.0. The van der Waals surface area contributed by atoms with Crippen molar-refractivity contribution in [1.82, 2.24) is 10.2 Å². The van der Waals surface area contributed by atoms with E-state index in [0.717, 1.165) is 5.56 Å². The Bertz CT molecular complexity index is 833. The number of halogens is 3. The van der Waals surface area contributed by atoms with Crippen molar-refractivity contribution in [1.29, 1.82) is 0 Å². The van der Waals surface area contributed by atoms with Gasteiger partial charge >= 0.3 is 0 Å². The molecule has 0 radical (unpaired) electrons. The van der Waals surface area contributed by atoms with Gasteiger partial charge in [-0.2, -0.15) is 0 Å². The fourth-order valence-electron chi connectivity index (χ4n) is 3.04. The summed E-state index contributed by atoms with van der Waals surface area (Å²) in [6, 6.07) is 11.7. The van der Waals surface area contributed by atoms with Crippen LogP contribution in [0.15, 0.2) is 42.5 Å². The first-order valence-corrected chi connectivity index (χ1v) is 10.6. The van der Waals surface area contributed by atoms with E-state index in [0.29, 0.717) is 27.1 Å². The maximum atomic E-state index is 13.3. The van der Waals surface area contributed by atoms with Gasteiger partial charge in [0, 0.05) is 27.7 Å². The lowest BCUT2D eigenvalue weighted by atomic mass is 10.1.